The Morgan fingerprint density at radius 1 is 1.21 bits per heavy atom. The van der Waals surface area contributed by atoms with Crippen molar-refractivity contribution in [1.82, 2.24) is 0 Å². The maximum Gasteiger partial charge on any atom is 0.313 e. The predicted octanol–water partition coefficient (Wildman–Crippen LogP) is 1.80. The van der Waals surface area contributed by atoms with Crippen LogP contribution in [-0.2, 0) is 9.53 Å². The lowest BCUT2D eigenvalue weighted by Gasteiger charge is -2.23. The number of carbonyl (C=O) groups is 1. The molecule has 0 aromatic heterocycles. The van der Waals surface area contributed by atoms with Crippen LogP contribution in [0.5, 0.6) is 11.5 Å². The maximum atomic E-state index is 11.5. The molecule has 0 amide bonds. The van der Waals surface area contributed by atoms with Crippen molar-refractivity contribution in [3.8, 4) is 11.5 Å². The summed E-state index contributed by atoms with van der Waals surface area (Å²) in [5, 5.41) is 9.44. The molecule has 19 heavy (non-hydrogen) atoms. The van der Waals surface area contributed by atoms with Crippen LogP contribution in [0.25, 0.3) is 0 Å². The SMILES string of the molecule is O=C(O)C(c1ccc2c(c1)OCCO2)C1CCCO1. The first-order valence-electron chi connectivity index (χ1n) is 6.49. The molecule has 0 bridgehead atoms. The molecule has 0 saturated carbocycles. The quantitative estimate of drug-likeness (QED) is 0.901. The van der Waals surface area contributed by atoms with Crippen LogP contribution < -0.4 is 9.47 Å². The molecule has 102 valence electrons. The number of carboxylic acids is 1. The van der Waals surface area contributed by atoms with Crippen LogP contribution in [-0.4, -0.2) is 37.0 Å². The minimum Gasteiger partial charge on any atom is -0.486 e. The number of carboxylic acid groups (broad SMARTS) is 1. The lowest BCUT2D eigenvalue weighted by molar-refractivity contribution is -0.141. The molecule has 5 nitrogen and oxygen atoms in total. The Morgan fingerprint density at radius 2 is 2.00 bits per heavy atom. The lowest BCUT2D eigenvalue weighted by atomic mass is 9.91. The summed E-state index contributed by atoms with van der Waals surface area (Å²) in [5.74, 6) is -0.207. The third-order valence-corrected chi connectivity index (χ3v) is 3.53. The molecule has 1 aromatic rings. The van der Waals surface area contributed by atoms with Gasteiger partial charge in [-0.1, -0.05) is 6.07 Å². The number of hydrogen-bond acceptors (Lipinski definition) is 4. The summed E-state index contributed by atoms with van der Waals surface area (Å²) in [6.45, 7) is 1.66. The van der Waals surface area contributed by atoms with Gasteiger partial charge in [0, 0.05) is 6.61 Å². The number of rotatable bonds is 3. The highest BCUT2D eigenvalue weighted by molar-refractivity contribution is 5.77. The van der Waals surface area contributed by atoms with Crippen molar-refractivity contribution >= 4 is 5.97 Å². The van der Waals surface area contributed by atoms with Gasteiger partial charge in [-0.05, 0) is 30.5 Å². The normalized spacial score (nSPS) is 23.1. The number of ether oxygens (including phenoxy) is 3. The summed E-state index contributed by atoms with van der Waals surface area (Å²) < 4.78 is 16.5. The van der Waals surface area contributed by atoms with Crippen LogP contribution >= 0.6 is 0 Å². The van der Waals surface area contributed by atoms with Gasteiger partial charge in [0.25, 0.3) is 0 Å². The molecular formula is C14H16O5. The van der Waals surface area contributed by atoms with Crippen LogP contribution in [0.15, 0.2) is 18.2 Å². The van der Waals surface area contributed by atoms with Crippen LogP contribution in [0.2, 0.25) is 0 Å². The Labute approximate surface area is 111 Å². The maximum absolute atomic E-state index is 11.5. The number of benzene rings is 1. The van der Waals surface area contributed by atoms with Gasteiger partial charge in [-0.15, -0.1) is 0 Å². The van der Waals surface area contributed by atoms with E-state index in [1.165, 1.54) is 0 Å². The van der Waals surface area contributed by atoms with Crippen molar-refractivity contribution in [3.05, 3.63) is 23.8 Å². The molecule has 2 aliphatic rings. The van der Waals surface area contributed by atoms with Gasteiger partial charge in [-0.2, -0.15) is 0 Å². The van der Waals surface area contributed by atoms with Gasteiger partial charge < -0.3 is 19.3 Å². The Morgan fingerprint density at radius 3 is 2.68 bits per heavy atom. The second-order valence-corrected chi connectivity index (χ2v) is 4.77. The fourth-order valence-corrected chi connectivity index (χ4v) is 2.64. The first-order valence-corrected chi connectivity index (χ1v) is 6.49. The molecule has 0 radical (unpaired) electrons. The van der Waals surface area contributed by atoms with E-state index in [4.69, 9.17) is 14.2 Å². The number of aliphatic carboxylic acids is 1. The zero-order valence-electron chi connectivity index (χ0n) is 10.5. The van der Waals surface area contributed by atoms with E-state index in [1.54, 1.807) is 18.2 Å². The molecule has 2 aliphatic heterocycles. The highest BCUT2D eigenvalue weighted by atomic mass is 16.6. The summed E-state index contributed by atoms with van der Waals surface area (Å²) in [5.41, 5.74) is 0.712. The first kappa shape index (κ1) is 12.3. The highest BCUT2D eigenvalue weighted by Gasteiger charge is 2.33. The molecule has 2 heterocycles. The van der Waals surface area contributed by atoms with E-state index >= 15 is 0 Å². The van der Waals surface area contributed by atoms with Gasteiger partial charge in [0.15, 0.2) is 11.5 Å². The van der Waals surface area contributed by atoms with E-state index in [0.29, 0.717) is 36.9 Å². The van der Waals surface area contributed by atoms with Gasteiger partial charge in [0.2, 0.25) is 0 Å². The number of hydrogen-bond donors (Lipinski definition) is 1. The van der Waals surface area contributed by atoms with E-state index in [2.05, 4.69) is 0 Å². The van der Waals surface area contributed by atoms with Crippen LogP contribution in [0, 0.1) is 0 Å². The van der Waals surface area contributed by atoms with Crippen molar-refractivity contribution in [2.75, 3.05) is 19.8 Å². The monoisotopic (exact) mass is 264 g/mol. The van der Waals surface area contributed by atoms with Gasteiger partial charge in [-0.25, -0.2) is 0 Å². The Kier molecular flexibility index (Phi) is 3.29. The Balaban J connectivity index is 1.91. The zero-order chi connectivity index (χ0) is 13.2. The zero-order valence-corrected chi connectivity index (χ0v) is 10.5. The van der Waals surface area contributed by atoms with Crippen LogP contribution in [0.3, 0.4) is 0 Å². The summed E-state index contributed by atoms with van der Waals surface area (Å²) >= 11 is 0. The molecule has 2 atom stereocenters. The van der Waals surface area contributed by atoms with E-state index in [0.717, 1.165) is 12.8 Å². The van der Waals surface area contributed by atoms with E-state index in [1.807, 2.05) is 0 Å². The first-order chi connectivity index (χ1) is 9.25. The molecule has 1 saturated heterocycles. The average molecular weight is 264 g/mol. The van der Waals surface area contributed by atoms with Crippen molar-refractivity contribution in [3.63, 3.8) is 0 Å². The smallest absolute Gasteiger partial charge is 0.313 e. The lowest BCUT2D eigenvalue weighted by Crippen LogP contribution is -2.26. The van der Waals surface area contributed by atoms with Gasteiger partial charge in [-0.3, -0.25) is 4.79 Å². The summed E-state index contributed by atoms with van der Waals surface area (Å²) in [6.07, 6.45) is 1.45. The largest absolute Gasteiger partial charge is 0.486 e. The Bertz CT molecular complexity index is 479. The average Bonchev–Trinajstić information content (AvgIpc) is 2.92. The Hall–Kier alpha value is -1.75. The second kappa shape index (κ2) is 5.09. The topological polar surface area (TPSA) is 65.0 Å². The summed E-state index contributed by atoms with van der Waals surface area (Å²) in [6, 6.07) is 5.32. The second-order valence-electron chi connectivity index (χ2n) is 4.77. The third kappa shape index (κ3) is 2.38. The highest BCUT2D eigenvalue weighted by Crippen LogP contribution is 2.36. The summed E-state index contributed by atoms with van der Waals surface area (Å²) in [7, 11) is 0. The van der Waals surface area contributed by atoms with Crippen LogP contribution in [0.1, 0.15) is 24.3 Å². The molecule has 0 aliphatic carbocycles. The predicted molar refractivity (Wildman–Crippen MR) is 66.8 cm³/mol. The van der Waals surface area contributed by atoms with E-state index in [-0.39, 0.29) is 6.10 Å². The van der Waals surface area contributed by atoms with Crippen molar-refractivity contribution in [1.29, 1.82) is 0 Å². The standard InChI is InChI=1S/C14H16O5/c15-14(16)13(11-2-1-5-17-11)9-3-4-10-12(8-9)19-7-6-18-10/h3-4,8,11,13H,1-2,5-7H2,(H,15,16). The van der Waals surface area contributed by atoms with Crippen LogP contribution in [0.4, 0.5) is 0 Å². The molecule has 1 N–H and O–H groups in total. The van der Waals surface area contributed by atoms with Gasteiger partial charge >= 0.3 is 5.97 Å². The molecule has 5 heteroatoms. The van der Waals surface area contributed by atoms with E-state index < -0.39 is 11.9 Å². The van der Waals surface area contributed by atoms with Crippen molar-refractivity contribution in [2.24, 2.45) is 0 Å². The fourth-order valence-electron chi connectivity index (χ4n) is 2.64. The molecule has 2 unspecified atom stereocenters. The van der Waals surface area contributed by atoms with E-state index in [9.17, 15) is 9.90 Å². The summed E-state index contributed by atoms with van der Waals surface area (Å²) in [4.78, 5) is 11.5. The van der Waals surface area contributed by atoms with Gasteiger partial charge in [0.1, 0.15) is 19.1 Å². The molecule has 0 spiro atoms. The molecule has 1 aromatic carbocycles. The molecule has 3 rings (SSSR count). The van der Waals surface area contributed by atoms with Gasteiger partial charge in [0.05, 0.1) is 6.10 Å². The van der Waals surface area contributed by atoms with Crippen molar-refractivity contribution in [2.45, 2.75) is 24.9 Å². The number of fused-ring (bicyclic) bond motifs is 1. The fraction of sp³-hybridized carbons (Fsp3) is 0.500. The minimum atomic E-state index is -0.858. The minimum absolute atomic E-state index is 0.250. The van der Waals surface area contributed by atoms with Crippen molar-refractivity contribution < 1.29 is 24.1 Å². The molecular weight excluding hydrogens is 248 g/mol. The third-order valence-electron chi connectivity index (χ3n) is 3.53. The molecule has 1 fully saturated rings.